The molecule has 0 saturated carbocycles. The summed E-state index contributed by atoms with van der Waals surface area (Å²) in [5.74, 6) is -2.16. The highest BCUT2D eigenvalue weighted by atomic mass is 19.1. The van der Waals surface area contributed by atoms with Crippen LogP contribution < -0.4 is 9.47 Å². The third-order valence-corrected chi connectivity index (χ3v) is 8.44. The van der Waals surface area contributed by atoms with Crippen LogP contribution in [-0.4, -0.2) is 23.4 Å². The molecule has 0 heterocycles. The van der Waals surface area contributed by atoms with Gasteiger partial charge in [-0.15, -0.1) is 0 Å². The predicted octanol–water partition coefficient (Wildman–Crippen LogP) is 11.1. The van der Waals surface area contributed by atoms with E-state index >= 15 is 0 Å². The molecule has 0 fully saturated rings. The zero-order valence-corrected chi connectivity index (χ0v) is 27.7. The number of ether oxygens (including phenoxy) is 2. The van der Waals surface area contributed by atoms with E-state index in [-0.39, 0.29) is 41.4 Å². The molecule has 0 saturated heterocycles. The van der Waals surface area contributed by atoms with Gasteiger partial charge >= 0.3 is 0 Å². The summed E-state index contributed by atoms with van der Waals surface area (Å²) in [6.07, 6.45) is 0.475. The van der Waals surface area contributed by atoms with Gasteiger partial charge in [0.2, 0.25) is 0 Å². The summed E-state index contributed by atoms with van der Waals surface area (Å²) in [5.41, 5.74) is 5.02. The average molecular weight is 679 g/mol. The van der Waals surface area contributed by atoms with Crippen LogP contribution in [-0.2, 0) is 0 Å². The van der Waals surface area contributed by atoms with Gasteiger partial charge in [-0.3, -0.25) is 0 Å². The van der Waals surface area contributed by atoms with Crippen LogP contribution in [0.3, 0.4) is 0 Å². The fraction of sp³-hybridized carbons (Fsp3) is 0.143. The number of rotatable bonds is 10. The lowest BCUT2D eigenvalue weighted by atomic mass is 9.92. The number of para-hydroxylation sites is 2. The molecule has 0 aromatic heterocycles. The lowest BCUT2D eigenvalue weighted by Crippen LogP contribution is -2.06. The Kier molecular flexibility index (Phi) is 9.81. The Morgan fingerprint density at radius 1 is 0.480 bits per heavy atom. The lowest BCUT2D eigenvalue weighted by Gasteiger charge is -2.17. The maximum atomic E-state index is 14.4. The van der Waals surface area contributed by atoms with Crippen LogP contribution in [0.4, 0.5) is 17.6 Å². The fourth-order valence-electron chi connectivity index (χ4n) is 6.08. The van der Waals surface area contributed by atoms with E-state index in [0.29, 0.717) is 51.3 Å². The van der Waals surface area contributed by atoms with Gasteiger partial charge in [0.25, 0.3) is 0 Å². The average Bonchev–Trinajstić information content (AvgIpc) is 3.08. The molecule has 0 aliphatic rings. The van der Waals surface area contributed by atoms with Crippen LogP contribution in [0, 0.1) is 44.0 Å². The highest BCUT2D eigenvalue weighted by molar-refractivity contribution is 5.87. The molecule has 0 bridgehead atoms. The molecular formula is C42H34F4O4. The van der Waals surface area contributed by atoms with Crippen LogP contribution in [0.15, 0.2) is 103 Å². The molecule has 50 heavy (non-hydrogen) atoms. The number of benzene rings is 6. The van der Waals surface area contributed by atoms with Crippen molar-refractivity contribution >= 4 is 0 Å². The van der Waals surface area contributed by atoms with Crippen molar-refractivity contribution in [2.45, 2.75) is 27.2 Å². The van der Waals surface area contributed by atoms with Gasteiger partial charge in [0, 0.05) is 51.9 Å². The fourth-order valence-corrected chi connectivity index (χ4v) is 6.08. The molecule has 0 amide bonds. The molecule has 2 N–H and O–H groups in total. The molecule has 8 heteroatoms. The molecule has 0 aliphatic carbocycles. The summed E-state index contributed by atoms with van der Waals surface area (Å²) >= 11 is 0. The molecule has 6 rings (SSSR count). The summed E-state index contributed by atoms with van der Waals surface area (Å²) in [6, 6.07) is 26.5. The van der Waals surface area contributed by atoms with Crippen molar-refractivity contribution in [1.82, 2.24) is 0 Å². The zero-order chi connectivity index (χ0) is 35.5. The number of aromatic hydroxyl groups is 2. The van der Waals surface area contributed by atoms with Crippen LogP contribution in [0.25, 0.3) is 44.5 Å². The van der Waals surface area contributed by atoms with E-state index in [1.165, 1.54) is 18.2 Å². The van der Waals surface area contributed by atoms with Crippen LogP contribution in [0.1, 0.15) is 23.1 Å². The van der Waals surface area contributed by atoms with Gasteiger partial charge in [-0.2, -0.15) is 0 Å². The standard InChI is InChI=1S/C42H34F4O4/c1-24-15-34(27-19-28(43)21-29(44)20-27)41(47)35(16-24)31-9-4-6-11-39(31)49-13-8-14-50-40-12-7-5-10-32(40)36-17-25(2)18-37(42(36)48)33-22-30(45)23-38(46)26(33)3/h4-7,9-12,15-23,47-48H,8,13-14H2,1-3H3. The maximum absolute atomic E-state index is 14.4. The minimum Gasteiger partial charge on any atom is -0.507 e. The maximum Gasteiger partial charge on any atom is 0.131 e. The number of phenols is 2. The molecule has 0 atom stereocenters. The largest absolute Gasteiger partial charge is 0.507 e. The topological polar surface area (TPSA) is 58.9 Å². The summed E-state index contributed by atoms with van der Waals surface area (Å²) in [4.78, 5) is 0. The van der Waals surface area contributed by atoms with E-state index in [2.05, 4.69) is 0 Å². The van der Waals surface area contributed by atoms with Crippen LogP contribution in [0.2, 0.25) is 0 Å². The molecule has 0 unspecified atom stereocenters. The molecule has 4 nitrogen and oxygen atoms in total. The number of hydrogen-bond acceptors (Lipinski definition) is 4. The van der Waals surface area contributed by atoms with Crippen molar-refractivity contribution in [2.24, 2.45) is 0 Å². The Bertz CT molecular complexity index is 2190. The normalized spacial score (nSPS) is 11.1. The van der Waals surface area contributed by atoms with Crippen molar-refractivity contribution in [2.75, 3.05) is 13.2 Å². The molecule has 6 aromatic rings. The lowest BCUT2D eigenvalue weighted by molar-refractivity contribution is 0.248. The summed E-state index contributed by atoms with van der Waals surface area (Å²) in [7, 11) is 0. The minimum absolute atomic E-state index is 0.121. The third-order valence-electron chi connectivity index (χ3n) is 8.44. The van der Waals surface area contributed by atoms with E-state index in [1.807, 2.05) is 38.1 Å². The third kappa shape index (κ3) is 7.15. The smallest absolute Gasteiger partial charge is 0.131 e. The Morgan fingerprint density at radius 2 is 0.920 bits per heavy atom. The SMILES string of the molecule is Cc1cc(-c2cc(F)cc(F)c2)c(O)c(-c2ccccc2OCCCOc2ccccc2-c2cc(C)cc(-c3cc(F)cc(F)c3C)c2O)c1. The summed E-state index contributed by atoms with van der Waals surface area (Å²) in [5, 5.41) is 22.6. The van der Waals surface area contributed by atoms with Crippen LogP contribution in [0.5, 0.6) is 23.0 Å². The highest BCUT2D eigenvalue weighted by Crippen LogP contribution is 2.45. The van der Waals surface area contributed by atoms with Crippen molar-refractivity contribution < 1.29 is 37.2 Å². The Labute approximate surface area is 287 Å². The molecular weight excluding hydrogens is 644 g/mol. The second-order valence-corrected chi connectivity index (χ2v) is 12.2. The zero-order valence-electron chi connectivity index (χ0n) is 27.7. The molecule has 0 radical (unpaired) electrons. The first-order valence-electron chi connectivity index (χ1n) is 16.0. The van der Waals surface area contributed by atoms with Crippen LogP contribution >= 0.6 is 0 Å². The number of hydrogen-bond donors (Lipinski definition) is 2. The predicted molar refractivity (Wildman–Crippen MR) is 188 cm³/mol. The number of phenolic OH excluding ortho intramolecular Hbond substituents is 2. The van der Waals surface area contributed by atoms with Gasteiger partial charge in [0.1, 0.15) is 46.3 Å². The Balaban J connectivity index is 1.19. The van der Waals surface area contributed by atoms with E-state index in [1.54, 1.807) is 55.5 Å². The van der Waals surface area contributed by atoms with E-state index in [9.17, 15) is 27.8 Å². The van der Waals surface area contributed by atoms with E-state index in [0.717, 1.165) is 23.3 Å². The second kappa shape index (κ2) is 14.4. The summed E-state index contributed by atoms with van der Waals surface area (Å²) in [6.45, 7) is 5.74. The van der Waals surface area contributed by atoms with Gasteiger partial charge in [0.05, 0.1) is 13.2 Å². The quantitative estimate of drug-likeness (QED) is 0.112. The van der Waals surface area contributed by atoms with Gasteiger partial charge in [-0.1, -0.05) is 36.4 Å². The van der Waals surface area contributed by atoms with Crippen molar-refractivity contribution in [3.63, 3.8) is 0 Å². The van der Waals surface area contributed by atoms with Gasteiger partial charge < -0.3 is 19.7 Å². The first kappa shape index (κ1) is 34.1. The first-order chi connectivity index (χ1) is 24.0. The molecule has 6 aromatic carbocycles. The summed E-state index contributed by atoms with van der Waals surface area (Å²) < 4.78 is 68.9. The van der Waals surface area contributed by atoms with Crippen molar-refractivity contribution in [3.8, 4) is 67.5 Å². The first-order valence-corrected chi connectivity index (χ1v) is 16.0. The highest BCUT2D eigenvalue weighted by Gasteiger charge is 2.20. The van der Waals surface area contributed by atoms with Gasteiger partial charge in [-0.05, 0) is 103 Å². The van der Waals surface area contributed by atoms with Crippen molar-refractivity contribution in [1.29, 1.82) is 0 Å². The Hall–Kier alpha value is -5.76. The van der Waals surface area contributed by atoms with E-state index in [4.69, 9.17) is 9.47 Å². The second-order valence-electron chi connectivity index (χ2n) is 12.2. The molecule has 0 spiro atoms. The van der Waals surface area contributed by atoms with Crippen molar-refractivity contribution in [3.05, 3.63) is 143 Å². The number of halogens is 4. The van der Waals surface area contributed by atoms with Gasteiger partial charge in [-0.25, -0.2) is 17.6 Å². The monoisotopic (exact) mass is 678 g/mol. The van der Waals surface area contributed by atoms with Gasteiger partial charge in [0.15, 0.2) is 0 Å². The van der Waals surface area contributed by atoms with E-state index < -0.39 is 23.3 Å². The molecule has 254 valence electrons. The number of aryl methyl sites for hydroxylation is 2. The Morgan fingerprint density at radius 3 is 1.46 bits per heavy atom. The minimum atomic E-state index is -0.743. The molecule has 0 aliphatic heterocycles.